The normalized spacial score (nSPS) is 21.2. The molecule has 1 aromatic carbocycles. The molecule has 0 spiro atoms. The van der Waals surface area contributed by atoms with Crippen molar-refractivity contribution in [2.75, 3.05) is 11.5 Å². The van der Waals surface area contributed by atoms with Crippen molar-refractivity contribution in [2.24, 2.45) is 0 Å². The number of benzene rings is 1. The second-order valence-electron chi connectivity index (χ2n) is 3.49. The van der Waals surface area contributed by atoms with E-state index in [1.165, 1.54) is 12.1 Å². The summed E-state index contributed by atoms with van der Waals surface area (Å²) in [7, 11) is -3.63. The van der Waals surface area contributed by atoms with Gasteiger partial charge in [0.25, 0.3) is 10.1 Å². The number of halogens is 1. The summed E-state index contributed by atoms with van der Waals surface area (Å²) in [5.41, 5.74) is 0. The van der Waals surface area contributed by atoms with Crippen LogP contribution in [0, 0.1) is 0 Å². The molecule has 2 rings (SSSR count). The van der Waals surface area contributed by atoms with Crippen LogP contribution in [0.2, 0.25) is 5.02 Å². The minimum atomic E-state index is -3.63. The van der Waals surface area contributed by atoms with Crippen LogP contribution in [-0.2, 0) is 14.3 Å². The molecule has 0 unspecified atom stereocenters. The lowest BCUT2D eigenvalue weighted by Crippen LogP contribution is -2.17. The van der Waals surface area contributed by atoms with Gasteiger partial charge in [-0.25, -0.2) is 0 Å². The molecule has 1 saturated heterocycles. The predicted molar refractivity (Wildman–Crippen MR) is 65.5 cm³/mol. The number of hydrogen-bond acceptors (Lipinski definition) is 4. The van der Waals surface area contributed by atoms with Crippen molar-refractivity contribution < 1.29 is 12.6 Å². The summed E-state index contributed by atoms with van der Waals surface area (Å²) >= 11 is 7.40. The molecule has 1 aliphatic heterocycles. The van der Waals surface area contributed by atoms with Crippen molar-refractivity contribution in [3.05, 3.63) is 29.3 Å². The Kier molecular flexibility index (Phi) is 3.79. The Labute approximate surface area is 104 Å². The van der Waals surface area contributed by atoms with Crippen molar-refractivity contribution in [3.8, 4) is 0 Å². The zero-order valence-electron chi connectivity index (χ0n) is 8.43. The molecule has 3 nitrogen and oxygen atoms in total. The van der Waals surface area contributed by atoms with Gasteiger partial charge >= 0.3 is 0 Å². The predicted octanol–water partition coefficient (Wildman–Crippen LogP) is 2.55. The highest BCUT2D eigenvalue weighted by atomic mass is 35.5. The average molecular weight is 279 g/mol. The molecule has 1 atom stereocenters. The lowest BCUT2D eigenvalue weighted by molar-refractivity contribution is 0.236. The van der Waals surface area contributed by atoms with Crippen molar-refractivity contribution in [1.82, 2.24) is 0 Å². The quantitative estimate of drug-likeness (QED) is 0.797. The van der Waals surface area contributed by atoms with E-state index < -0.39 is 10.1 Å². The van der Waals surface area contributed by atoms with Gasteiger partial charge < -0.3 is 0 Å². The third-order valence-electron chi connectivity index (χ3n) is 2.25. The monoisotopic (exact) mass is 278 g/mol. The van der Waals surface area contributed by atoms with Gasteiger partial charge in [0, 0.05) is 10.8 Å². The largest absolute Gasteiger partial charge is 0.297 e. The van der Waals surface area contributed by atoms with Crippen LogP contribution in [0.5, 0.6) is 0 Å². The Morgan fingerprint density at radius 2 is 2.00 bits per heavy atom. The van der Waals surface area contributed by atoms with Gasteiger partial charge in [0.1, 0.15) is 0 Å². The van der Waals surface area contributed by atoms with Crippen LogP contribution in [0.15, 0.2) is 29.2 Å². The molecule has 1 fully saturated rings. The summed E-state index contributed by atoms with van der Waals surface area (Å²) < 4.78 is 28.8. The van der Waals surface area contributed by atoms with Gasteiger partial charge in [0.05, 0.1) is 11.0 Å². The van der Waals surface area contributed by atoms with E-state index in [0.717, 1.165) is 17.9 Å². The van der Waals surface area contributed by atoms with Gasteiger partial charge in [0.15, 0.2) is 0 Å². The maximum absolute atomic E-state index is 11.8. The Morgan fingerprint density at radius 3 is 2.56 bits per heavy atom. The van der Waals surface area contributed by atoms with E-state index in [1.807, 2.05) is 0 Å². The van der Waals surface area contributed by atoms with Gasteiger partial charge in [-0.05, 0) is 36.4 Å². The van der Waals surface area contributed by atoms with Crippen molar-refractivity contribution in [1.29, 1.82) is 0 Å². The van der Waals surface area contributed by atoms with E-state index in [4.69, 9.17) is 15.8 Å². The van der Waals surface area contributed by atoms with Crippen molar-refractivity contribution >= 4 is 33.5 Å². The minimum absolute atomic E-state index is 0.161. The SMILES string of the molecule is O=S(=O)(O[C@@H]1CCSC1)c1ccc(Cl)cc1. The molecule has 6 heteroatoms. The summed E-state index contributed by atoms with van der Waals surface area (Å²) in [5.74, 6) is 1.70. The highest BCUT2D eigenvalue weighted by molar-refractivity contribution is 7.99. The van der Waals surface area contributed by atoms with Gasteiger partial charge in [-0.2, -0.15) is 20.2 Å². The van der Waals surface area contributed by atoms with E-state index >= 15 is 0 Å². The van der Waals surface area contributed by atoms with Crippen LogP contribution < -0.4 is 0 Å². The summed E-state index contributed by atoms with van der Waals surface area (Å²) in [4.78, 5) is 0.161. The number of rotatable bonds is 3. The van der Waals surface area contributed by atoms with Gasteiger partial charge in [-0.3, -0.25) is 4.18 Å². The summed E-state index contributed by atoms with van der Waals surface area (Å²) in [5, 5.41) is 0.510. The Bertz CT molecular complexity index is 449. The second kappa shape index (κ2) is 4.96. The molecule has 0 aliphatic carbocycles. The Balaban J connectivity index is 2.14. The molecule has 0 saturated carbocycles. The third-order valence-corrected chi connectivity index (χ3v) is 5.01. The first-order valence-corrected chi connectivity index (χ1v) is 7.78. The van der Waals surface area contributed by atoms with Gasteiger partial charge in [-0.15, -0.1) is 0 Å². The van der Waals surface area contributed by atoms with E-state index in [1.54, 1.807) is 23.9 Å². The van der Waals surface area contributed by atoms with Crippen LogP contribution in [0.1, 0.15) is 6.42 Å². The zero-order chi connectivity index (χ0) is 11.6. The Morgan fingerprint density at radius 1 is 1.31 bits per heavy atom. The molecule has 1 aliphatic rings. The zero-order valence-corrected chi connectivity index (χ0v) is 10.8. The molecular weight excluding hydrogens is 268 g/mol. The first-order valence-electron chi connectivity index (χ1n) is 4.84. The highest BCUT2D eigenvalue weighted by Gasteiger charge is 2.24. The molecule has 0 N–H and O–H groups in total. The maximum Gasteiger partial charge on any atom is 0.297 e. The molecule has 0 bridgehead atoms. The lowest BCUT2D eigenvalue weighted by atomic mass is 10.3. The fourth-order valence-corrected chi connectivity index (χ4v) is 3.83. The van der Waals surface area contributed by atoms with Crippen LogP contribution in [0.4, 0.5) is 0 Å². The van der Waals surface area contributed by atoms with E-state index in [9.17, 15) is 8.42 Å². The summed E-state index contributed by atoms with van der Waals surface area (Å²) in [6, 6.07) is 6.00. The standard InChI is InChI=1S/C10H11ClO3S2/c11-8-1-3-10(4-2-8)16(12,13)14-9-5-6-15-7-9/h1-4,9H,5-7H2/t9-/m1/s1. The fraction of sp³-hybridized carbons (Fsp3) is 0.400. The van der Waals surface area contributed by atoms with E-state index in [0.29, 0.717) is 5.02 Å². The molecule has 0 amide bonds. The first-order chi connectivity index (χ1) is 7.58. The molecule has 16 heavy (non-hydrogen) atoms. The molecular formula is C10H11ClO3S2. The van der Waals surface area contributed by atoms with Crippen LogP contribution in [0.3, 0.4) is 0 Å². The third kappa shape index (κ3) is 2.91. The molecule has 0 radical (unpaired) electrons. The molecule has 1 aromatic rings. The molecule has 0 aromatic heterocycles. The van der Waals surface area contributed by atoms with Gasteiger partial charge in [-0.1, -0.05) is 11.6 Å². The first kappa shape index (κ1) is 12.2. The van der Waals surface area contributed by atoms with E-state index in [-0.39, 0.29) is 11.0 Å². The smallest absolute Gasteiger partial charge is 0.262 e. The highest BCUT2D eigenvalue weighted by Crippen LogP contribution is 2.24. The van der Waals surface area contributed by atoms with Crippen molar-refractivity contribution in [2.45, 2.75) is 17.4 Å². The van der Waals surface area contributed by atoms with Gasteiger partial charge in [0.2, 0.25) is 0 Å². The molecule has 88 valence electrons. The number of thioether (sulfide) groups is 1. The summed E-state index contributed by atoms with van der Waals surface area (Å²) in [6.07, 6.45) is 0.600. The molecule has 1 heterocycles. The van der Waals surface area contributed by atoms with E-state index in [2.05, 4.69) is 0 Å². The maximum atomic E-state index is 11.8. The minimum Gasteiger partial charge on any atom is -0.262 e. The summed E-state index contributed by atoms with van der Waals surface area (Å²) in [6.45, 7) is 0. The topological polar surface area (TPSA) is 43.4 Å². The van der Waals surface area contributed by atoms with Crippen LogP contribution >= 0.6 is 23.4 Å². The average Bonchev–Trinajstić information content (AvgIpc) is 2.70. The van der Waals surface area contributed by atoms with Crippen LogP contribution in [0.25, 0.3) is 0 Å². The fourth-order valence-electron chi connectivity index (χ4n) is 1.42. The second-order valence-corrected chi connectivity index (χ2v) is 6.65. The lowest BCUT2D eigenvalue weighted by Gasteiger charge is -2.10. The Hall–Kier alpha value is -0.230. The van der Waals surface area contributed by atoms with Crippen molar-refractivity contribution in [3.63, 3.8) is 0 Å². The van der Waals surface area contributed by atoms with Crippen LogP contribution in [-0.4, -0.2) is 26.0 Å². The number of hydrogen-bond donors (Lipinski definition) is 0.